The van der Waals surface area contributed by atoms with Gasteiger partial charge in [-0.15, -0.1) is 11.3 Å². The van der Waals surface area contributed by atoms with Crippen molar-refractivity contribution in [1.82, 2.24) is 10.3 Å². The van der Waals surface area contributed by atoms with Gasteiger partial charge in [0.1, 0.15) is 0 Å². The van der Waals surface area contributed by atoms with E-state index in [2.05, 4.69) is 66.6 Å². The lowest BCUT2D eigenvalue weighted by Gasteiger charge is -2.12. The Labute approximate surface area is 129 Å². The Morgan fingerprint density at radius 1 is 1.10 bits per heavy atom. The fraction of sp³-hybridized carbons (Fsp3) is 0.278. The van der Waals surface area contributed by atoms with Crippen molar-refractivity contribution in [3.05, 3.63) is 63.5 Å². The van der Waals surface area contributed by atoms with Gasteiger partial charge >= 0.3 is 0 Å². The molecular formula is C18H20N2S. The number of nitrogens with zero attached hydrogens (tertiary/aromatic N) is 1. The molecule has 0 saturated heterocycles. The molecule has 0 aliphatic carbocycles. The Hall–Kier alpha value is -1.71. The van der Waals surface area contributed by atoms with E-state index < -0.39 is 0 Å². The van der Waals surface area contributed by atoms with Gasteiger partial charge in [0.2, 0.25) is 0 Å². The first-order valence-electron chi connectivity index (χ1n) is 7.28. The summed E-state index contributed by atoms with van der Waals surface area (Å²) in [6.07, 6.45) is 0. The topological polar surface area (TPSA) is 24.9 Å². The number of rotatable bonds is 4. The quantitative estimate of drug-likeness (QED) is 0.750. The second kappa shape index (κ2) is 5.96. The van der Waals surface area contributed by atoms with Crippen LogP contribution in [0.1, 0.15) is 34.0 Å². The highest BCUT2D eigenvalue weighted by atomic mass is 32.1. The van der Waals surface area contributed by atoms with E-state index >= 15 is 0 Å². The third-order valence-corrected chi connectivity index (χ3v) is 4.88. The zero-order valence-corrected chi connectivity index (χ0v) is 13.5. The number of hydrogen-bond donors (Lipinski definition) is 1. The van der Waals surface area contributed by atoms with E-state index in [-0.39, 0.29) is 0 Å². The summed E-state index contributed by atoms with van der Waals surface area (Å²) >= 11 is 1.86. The van der Waals surface area contributed by atoms with Crippen LogP contribution < -0.4 is 5.32 Å². The van der Waals surface area contributed by atoms with Gasteiger partial charge in [0.05, 0.1) is 5.52 Å². The molecule has 0 aliphatic rings. The fourth-order valence-corrected chi connectivity index (χ4v) is 3.35. The predicted octanol–water partition coefficient (Wildman–Crippen LogP) is 4.76. The second-order valence-electron chi connectivity index (χ2n) is 5.53. The summed E-state index contributed by atoms with van der Waals surface area (Å²) in [7, 11) is 0. The average molecular weight is 296 g/mol. The molecule has 3 heteroatoms. The third kappa shape index (κ3) is 3.31. The Bertz CT molecular complexity index is 761. The number of aryl methyl sites for hydroxylation is 2. The molecule has 21 heavy (non-hydrogen) atoms. The Morgan fingerprint density at radius 3 is 2.71 bits per heavy atom. The van der Waals surface area contributed by atoms with E-state index in [1.54, 1.807) is 0 Å². The molecule has 2 aromatic heterocycles. The zero-order valence-electron chi connectivity index (χ0n) is 12.7. The van der Waals surface area contributed by atoms with Crippen molar-refractivity contribution in [3.63, 3.8) is 0 Å². The molecule has 0 radical (unpaired) electrons. The molecule has 2 nitrogen and oxygen atoms in total. The number of nitrogens with one attached hydrogen (secondary N) is 1. The Balaban J connectivity index is 1.71. The molecule has 3 aromatic rings. The highest BCUT2D eigenvalue weighted by Crippen LogP contribution is 2.23. The minimum absolute atomic E-state index is 0.385. The summed E-state index contributed by atoms with van der Waals surface area (Å²) < 4.78 is 0. The predicted molar refractivity (Wildman–Crippen MR) is 90.8 cm³/mol. The highest BCUT2D eigenvalue weighted by molar-refractivity contribution is 7.12. The Morgan fingerprint density at radius 2 is 1.95 bits per heavy atom. The monoisotopic (exact) mass is 296 g/mol. The van der Waals surface area contributed by atoms with Crippen molar-refractivity contribution in [2.24, 2.45) is 0 Å². The maximum atomic E-state index is 4.54. The van der Waals surface area contributed by atoms with Crippen molar-refractivity contribution in [3.8, 4) is 0 Å². The first-order chi connectivity index (χ1) is 10.1. The first kappa shape index (κ1) is 14.2. The summed E-state index contributed by atoms with van der Waals surface area (Å²) in [4.78, 5) is 7.30. The van der Waals surface area contributed by atoms with E-state index in [9.17, 15) is 0 Å². The maximum absolute atomic E-state index is 4.54. The number of fused-ring (bicyclic) bond motifs is 1. The van der Waals surface area contributed by atoms with Crippen LogP contribution in [0.2, 0.25) is 0 Å². The molecule has 1 N–H and O–H groups in total. The normalized spacial score (nSPS) is 12.7. The van der Waals surface area contributed by atoms with E-state index in [0.717, 1.165) is 17.8 Å². The number of thiophene rings is 1. The number of aromatic nitrogens is 1. The molecule has 0 bridgehead atoms. The van der Waals surface area contributed by atoms with Crippen LogP contribution in [0, 0.1) is 13.8 Å². The molecule has 2 heterocycles. The Kier molecular flexibility index (Phi) is 4.04. The molecule has 1 aromatic carbocycles. The van der Waals surface area contributed by atoms with Gasteiger partial charge in [-0.05, 0) is 56.7 Å². The van der Waals surface area contributed by atoms with E-state index in [0.29, 0.717) is 6.04 Å². The van der Waals surface area contributed by atoms with Gasteiger partial charge in [0, 0.05) is 33.4 Å². The van der Waals surface area contributed by atoms with Crippen LogP contribution in [-0.4, -0.2) is 4.98 Å². The first-order valence-corrected chi connectivity index (χ1v) is 8.09. The lowest BCUT2D eigenvalue weighted by atomic mass is 10.1. The molecule has 0 aliphatic heterocycles. The molecule has 1 atom stereocenters. The van der Waals surface area contributed by atoms with Gasteiger partial charge in [0.25, 0.3) is 0 Å². The van der Waals surface area contributed by atoms with Crippen LogP contribution in [0.5, 0.6) is 0 Å². The molecule has 0 fully saturated rings. The van der Waals surface area contributed by atoms with E-state index in [4.69, 9.17) is 0 Å². The van der Waals surface area contributed by atoms with Crippen LogP contribution in [0.15, 0.2) is 42.5 Å². The lowest BCUT2D eigenvalue weighted by molar-refractivity contribution is 0.583. The fourth-order valence-electron chi connectivity index (χ4n) is 2.44. The largest absolute Gasteiger partial charge is 0.305 e. The average Bonchev–Trinajstić information content (AvgIpc) is 2.91. The summed E-state index contributed by atoms with van der Waals surface area (Å²) in [5.74, 6) is 0. The second-order valence-corrected chi connectivity index (χ2v) is 6.85. The minimum atomic E-state index is 0.385. The van der Waals surface area contributed by atoms with E-state index in [1.807, 2.05) is 18.3 Å². The van der Waals surface area contributed by atoms with Crippen LogP contribution in [-0.2, 0) is 6.54 Å². The molecular weight excluding hydrogens is 276 g/mol. The van der Waals surface area contributed by atoms with Crippen LogP contribution in [0.25, 0.3) is 10.9 Å². The molecule has 0 spiro atoms. The summed E-state index contributed by atoms with van der Waals surface area (Å²) in [5.41, 5.74) is 3.43. The minimum Gasteiger partial charge on any atom is -0.305 e. The maximum Gasteiger partial charge on any atom is 0.0705 e. The van der Waals surface area contributed by atoms with Crippen molar-refractivity contribution < 1.29 is 0 Å². The van der Waals surface area contributed by atoms with Gasteiger partial charge in [-0.3, -0.25) is 4.98 Å². The molecule has 1 unspecified atom stereocenters. The smallest absolute Gasteiger partial charge is 0.0705 e. The number of benzene rings is 1. The summed E-state index contributed by atoms with van der Waals surface area (Å²) in [6, 6.07) is 15.5. The zero-order chi connectivity index (χ0) is 14.8. The van der Waals surface area contributed by atoms with Crippen molar-refractivity contribution >= 4 is 22.2 Å². The molecule has 108 valence electrons. The van der Waals surface area contributed by atoms with Gasteiger partial charge in [-0.1, -0.05) is 12.1 Å². The standard InChI is InChI=1S/C18H20N2S/c1-12-4-7-16-10-15(6-8-17(16)20-12)11-19-14(3)18-9-5-13(2)21-18/h4-10,14,19H,11H2,1-3H3. The lowest BCUT2D eigenvalue weighted by Crippen LogP contribution is -2.17. The number of pyridine rings is 1. The highest BCUT2D eigenvalue weighted by Gasteiger charge is 2.07. The molecule has 0 amide bonds. The van der Waals surface area contributed by atoms with Crippen LogP contribution in [0.4, 0.5) is 0 Å². The van der Waals surface area contributed by atoms with E-state index in [1.165, 1.54) is 20.7 Å². The van der Waals surface area contributed by atoms with Gasteiger partial charge in [0.15, 0.2) is 0 Å². The van der Waals surface area contributed by atoms with Crippen molar-refractivity contribution in [2.45, 2.75) is 33.4 Å². The summed E-state index contributed by atoms with van der Waals surface area (Å²) in [5, 5.41) is 4.80. The van der Waals surface area contributed by atoms with Gasteiger partial charge in [-0.25, -0.2) is 0 Å². The van der Waals surface area contributed by atoms with Crippen molar-refractivity contribution in [2.75, 3.05) is 0 Å². The SMILES string of the molecule is Cc1ccc2cc(CNC(C)c3ccc(C)s3)ccc2n1. The summed E-state index contributed by atoms with van der Waals surface area (Å²) in [6.45, 7) is 7.28. The number of hydrogen-bond acceptors (Lipinski definition) is 3. The third-order valence-electron chi connectivity index (χ3n) is 3.69. The van der Waals surface area contributed by atoms with Crippen LogP contribution in [0.3, 0.4) is 0 Å². The molecule has 0 saturated carbocycles. The van der Waals surface area contributed by atoms with Gasteiger partial charge < -0.3 is 5.32 Å². The van der Waals surface area contributed by atoms with Crippen LogP contribution >= 0.6 is 11.3 Å². The molecule has 3 rings (SSSR count). The van der Waals surface area contributed by atoms with Gasteiger partial charge in [-0.2, -0.15) is 0 Å². The van der Waals surface area contributed by atoms with Crippen molar-refractivity contribution in [1.29, 1.82) is 0 Å².